The molecular formula is C32H38N2O2. The van der Waals surface area contributed by atoms with Crippen LogP contribution >= 0.6 is 0 Å². The third-order valence-corrected chi connectivity index (χ3v) is 6.56. The quantitative estimate of drug-likeness (QED) is 0.193. The van der Waals surface area contributed by atoms with E-state index in [0.717, 1.165) is 41.5 Å². The van der Waals surface area contributed by atoms with Crippen molar-refractivity contribution in [1.82, 2.24) is 10.2 Å². The molecule has 3 aromatic carbocycles. The zero-order valence-electron chi connectivity index (χ0n) is 21.7. The second-order valence-electron chi connectivity index (χ2n) is 9.03. The molecule has 0 radical (unpaired) electrons. The fraction of sp³-hybridized carbons (Fsp3) is 0.312. The van der Waals surface area contributed by atoms with Crippen molar-refractivity contribution in [3.63, 3.8) is 0 Å². The monoisotopic (exact) mass is 482 g/mol. The number of imide groups is 1. The number of allylic oxidation sites excluding steroid dienone is 2. The first-order chi connectivity index (χ1) is 17.6. The zero-order valence-corrected chi connectivity index (χ0v) is 21.7. The third kappa shape index (κ3) is 6.12. The highest BCUT2D eigenvalue weighted by atomic mass is 16.2. The molecule has 1 saturated heterocycles. The van der Waals surface area contributed by atoms with Crippen LogP contribution in [0.15, 0.2) is 97.1 Å². The summed E-state index contributed by atoms with van der Waals surface area (Å²) in [5.41, 5.74) is 2.54. The van der Waals surface area contributed by atoms with Gasteiger partial charge < -0.3 is 5.32 Å². The summed E-state index contributed by atoms with van der Waals surface area (Å²) in [6.07, 6.45) is 9.33. The SMILES string of the molecule is C/C=C\C.CCCCCCCN1C(=O)N[C@@](c2ccccc2)(c2ccc(-c3ccccc3)cc2)C1=O. The minimum absolute atomic E-state index is 0.198. The van der Waals surface area contributed by atoms with Crippen LogP contribution in [0.1, 0.15) is 64.0 Å². The average Bonchev–Trinajstić information content (AvgIpc) is 3.20. The first-order valence-corrected chi connectivity index (χ1v) is 13.0. The van der Waals surface area contributed by atoms with Crippen LogP contribution in [0.5, 0.6) is 0 Å². The van der Waals surface area contributed by atoms with Crippen molar-refractivity contribution in [3.05, 3.63) is 108 Å². The van der Waals surface area contributed by atoms with Gasteiger partial charge in [-0.25, -0.2) is 4.79 Å². The van der Waals surface area contributed by atoms with Gasteiger partial charge in [-0.3, -0.25) is 9.69 Å². The van der Waals surface area contributed by atoms with E-state index in [1.165, 1.54) is 17.7 Å². The van der Waals surface area contributed by atoms with Gasteiger partial charge >= 0.3 is 6.03 Å². The van der Waals surface area contributed by atoms with Crippen molar-refractivity contribution >= 4 is 11.9 Å². The molecule has 4 rings (SSSR count). The van der Waals surface area contributed by atoms with Gasteiger partial charge in [-0.1, -0.05) is 130 Å². The normalized spacial score (nSPS) is 17.1. The predicted molar refractivity (Wildman–Crippen MR) is 149 cm³/mol. The lowest BCUT2D eigenvalue weighted by Crippen LogP contribution is -2.45. The van der Waals surface area contributed by atoms with Crippen LogP contribution in [0.3, 0.4) is 0 Å². The summed E-state index contributed by atoms with van der Waals surface area (Å²) in [5, 5.41) is 3.05. The van der Waals surface area contributed by atoms with Crippen LogP contribution < -0.4 is 5.32 Å². The molecule has 0 bridgehead atoms. The van der Waals surface area contributed by atoms with E-state index in [1.54, 1.807) is 0 Å². The molecule has 3 aromatic rings. The number of unbranched alkanes of at least 4 members (excludes halogenated alkanes) is 4. The summed E-state index contributed by atoms with van der Waals surface area (Å²) < 4.78 is 0. The highest BCUT2D eigenvalue weighted by Crippen LogP contribution is 2.37. The maximum atomic E-state index is 13.8. The smallest absolute Gasteiger partial charge is 0.315 e. The van der Waals surface area contributed by atoms with Gasteiger partial charge in [0.2, 0.25) is 0 Å². The molecule has 36 heavy (non-hydrogen) atoms. The van der Waals surface area contributed by atoms with Crippen LogP contribution in [0.4, 0.5) is 4.79 Å². The maximum absolute atomic E-state index is 13.8. The summed E-state index contributed by atoms with van der Waals surface area (Å²) in [6.45, 7) is 6.62. The Balaban J connectivity index is 0.000000840. The summed E-state index contributed by atoms with van der Waals surface area (Å²) in [5.74, 6) is -0.198. The lowest BCUT2D eigenvalue weighted by molar-refractivity contribution is -0.130. The molecule has 1 heterocycles. The number of rotatable bonds is 9. The third-order valence-electron chi connectivity index (χ3n) is 6.56. The van der Waals surface area contributed by atoms with Crippen LogP contribution in [-0.2, 0) is 10.3 Å². The number of nitrogens with one attached hydrogen (secondary N) is 1. The van der Waals surface area contributed by atoms with E-state index in [2.05, 4.69) is 24.4 Å². The van der Waals surface area contributed by atoms with Gasteiger partial charge in [0.05, 0.1) is 0 Å². The number of urea groups is 1. The molecule has 3 amide bonds. The van der Waals surface area contributed by atoms with Crippen molar-refractivity contribution in [2.45, 2.75) is 58.4 Å². The van der Waals surface area contributed by atoms with Crippen molar-refractivity contribution in [3.8, 4) is 11.1 Å². The number of nitrogens with zero attached hydrogens (tertiary/aromatic N) is 1. The van der Waals surface area contributed by atoms with E-state index >= 15 is 0 Å². The van der Waals surface area contributed by atoms with E-state index in [0.29, 0.717) is 6.54 Å². The van der Waals surface area contributed by atoms with Gasteiger partial charge in [0.25, 0.3) is 5.91 Å². The minimum Gasteiger partial charge on any atom is -0.315 e. The molecule has 0 spiro atoms. The largest absolute Gasteiger partial charge is 0.325 e. The van der Waals surface area contributed by atoms with E-state index in [4.69, 9.17) is 0 Å². The van der Waals surface area contributed by atoms with Gasteiger partial charge in [-0.2, -0.15) is 0 Å². The molecule has 0 unspecified atom stereocenters. The van der Waals surface area contributed by atoms with Crippen molar-refractivity contribution in [2.75, 3.05) is 6.54 Å². The van der Waals surface area contributed by atoms with Crippen molar-refractivity contribution in [2.24, 2.45) is 0 Å². The Labute approximate surface area is 216 Å². The number of carbonyl (C=O) groups excluding carboxylic acids is 2. The zero-order chi connectivity index (χ0) is 25.8. The molecule has 4 heteroatoms. The van der Waals surface area contributed by atoms with Gasteiger partial charge in [-0.05, 0) is 42.5 Å². The van der Waals surface area contributed by atoms with Crippen LogP contribution in [0.2, 0.25) is 0 Å². The second-order valence-corrected chi connectivity index (χ2v) is 9.03. The molecular weight excluding hydrogens is 444 g/mol. The molecule has 188 valence electrons. The van der Waals surface area contributed by atoms with Gasteiger partial charge in [0, 0.05) is 6.54 Å². The molecule has 1 N–H and O–H groups in total. The van der Waals surface area contributed by atoms with E-state index < -0.39 is 5.54 Å². The Bertz CT molecular complexity index is 1120. The van der Waals surface area contributed by atoms with E-state index in [1.807, 2.05) is 98.8 Å². The Morgan fingerprint density at radius 1 is 0.694 bits per heavy atom. The average molecular weight is 483 g/mol. The first-order valence-electron chi connectivity index (χ1n) is 13.0. The van der Waals surface area contributed by atoms with E-state index in [-0.39, 0.29) is 11.9 Å². The second kappa shape index (κ2) is 13.4. The molecule has 1 atom stereocenters. The summed E-state index contributed by atoms with van der Waals surface area (Å²) in [6, 6.07) is 27.3. The summed E-state index contributed by atoms with van der Waals surface area (Å²) >= 11 is 0. The standard InChI is InChI=1S/C28H30N2O2.C4H8/c1-2-3-4-5-12-21-30-26(31)28(29-27(30)32,24-15-10-7-11-16-24)25-19-17-23(18-20-25)22-13-8-6-9-14-22;1-3-4-2/h6-11,13-20H,2-5,12,21H2,1H3,(H,29,32);3-4H,1-2H3/b;4-3-/t28-;/m0./s1. The predicted octanol–water partition coefficient (Wildman–Crippen LogP) is 7.70. The van der Waals surface area contributed by atoms with Gasteiger partial charge in [0.1, 0.15) is 0 Å². The molecule has 1 aliphatic rings. The first kappa shape index (κ1) is 26.9. The lowest BCUT2D eigenvalue weighted by atomic mass is 9.82. The lowest BCUT2D eigenvalue weighted by Gasteiger charge is -2.28. The number of hydrogen-bond donors (Lipinski definition) is 1. The van der Waals surface area contributed by atoms with Gasteiger partial charge in [0.15, 0.2) is 5.54 Å². The summed E-state index contributed by atoms with van der Waals surface area (Å²) in [4.78, 5) is 28.1. The summed E-state index contributed by atoms with van der Waals surface area (Å²) in [7, 11) is 0. The van der Waals surface area contributed by atoms with Crippen LogP contribution in [0, 0.1) is 0 Å². The van der Waals surface area contributed by atoms with Gasteiger partial charge in [-0.15, -0.1) is 0 Å². The topological polar surface area (TPSA) is 49.4 Å². The number of benzene rings is 3. The molecule has 0 aromatic heterocycles. The molecule has 1 fully saturated rings. The Kier molecular flexibility index (Phi) is 10.1. The number of carbonyl (C=O) groups is 2. The fourth-order valence-electron chi connectivity index (χ4n) is 4.44. The highest BCUT2D eigenvalue weighted by molar-refractivity contribution is 6.09. The molecule has 0 saturated carbocycles. The van der Waals surface area contributed by atoms with Crippen molar-refractivity contribution < 1.29 is 9.59 Å². The Morgan fingerprint density at radius 2 is 1.22 bits per heavy atom. The van der Waals surface area contributed by atoms with E-state index in [9.17, 15) is 9.59 Å². The Morgan fingerprint density at radius 3 is 1.81 bits per heavy atom. The fourth-order valence-corrected chi connectivity index (χ4v) is 4.44. The molecule has 1 aliphatic heterocycles. The highest BCUT2D eigenvalue weighted by Gasteiger charge is 2.53. The van der Waals surface area contributed by atoms with Crippen molar-refractivity contribution in [1.29, 1.82) is 0 Å². The number of amides is 3. The minimum atomic E-state index is -1.20. The molecule has 0 aliphatic carbocycles. The van der Waals surface area contributed by atoms with Crippen LogP contribution in [-0.4, -0.2) is 23.4 Å². The van der Waals surface area contributed by atoms with Crippen LogP contribution in [0.25, 0.3) is 11.1 Å². The molecule has 4 nitrogen and oxygen atoms in total. The number of hydrogen-bond acceptors (Lipinski definition) is 2. The Hall–Kier alpha value is -3.66. The maximum Gasteiger partial charge on any atom is 0.325 e.